The third kappa shape index (κ3) is 7.03. The lowest BCUT2D eigenvalue weighted by atomic mass is 10.00. The molecule has 1 aromatic rings. The zero-order chi connectivity index (χ0) is 20.1. The van der Waals surface area contributed by atoms with Gasteiger partial charge < -0.3 is 14.8 Å². The molecule has 0 radical (unpaired) electrons. The maximum absolute atomic E-state index is 12.8. The molecule has 1 heterocycles. The van der Waals surface area contributed by atoms with Crippen molar-refractivity contribution in [2.45, 2.75) is 45.0 Å². The van der Waals surface area contributed by atoms with Gasteiger partial charge in [-0.2, -0.15) is 0 Å². The van der Waals surface area contributed by atoms with E-state index in [0.717, 1.165) is 18.4 Å². The number of piperidine rings is 1. The van der Waals surface area contributed by atoms with Crippen LogP contribution in [0.4, 0.5) is 4.79 Å². The van der Waals surface area contributed by atoms with Crippen LogP contribution in [0, 0.1) is 5.92 Å². The van der Waals surface area contributed by atoms with Crippen LogP contribution < -0.4 is 10.1 Å². The molecule has 0 spiro atoms. The van der Waals surface area contributed by atoms with E-state index in [0.29, 0.717) is 25.4 Å². The molecule has 0 aromatic heterocycles. The van der Waals surface area contributed by atoms with Crippen molar-refractivity contribution in [1.82, 2.24) is 9.62 Å². The lowest BCUT2D eigenvalue weighted by molar-refractivity contribution is 0.0513. The SMILES string of the molecule is COc1ccc(CS(=O)(=O)N2CCC[C@H](CNC(=O)OC(C)(C)C)C2)cc1. The van der Waals surface area contributed by atoms with E-state index in [1.807, 2.05) is 0 Å². The quantitative estimate of drug-likeness (QED) is 0.796. The number of nitrogens with one attached hydrogen (secondary N) is 1. The third-order valence-corrected chi connectivity index (χ3v) is 6.13. The van der Waals surface area contributed by atoms with E-state index >= 15 is 0 Å². The number of carbonyl (C=O) groups excluding carboxylic acids is 1. The molecule has 0 saturated carbocycles. The van der Waals surface area contributed by atoms with Gasteiger partial charge in [-0.25, -0.2) is 17.5 Å². The van der Waals surface area contributed by atoms with Crippen LogP contribution >= 0.6 is 0 Å². The second-order valence-corrected chi connectivity index (χ2v) is 9.82. The van der Waals surface area contributed by atoms with E-state index in [1.165, 1.54) is 4.31 Å². The van der Waals surface area contributed by atoms with Crippen molar-refractivity contribution >= 4 is 16.1 Å². The summed E-state index contributed by atoms with van der Waals surface area (Å²) < 4.78 is 37.4. The van der Waals surface area contributed by atoms with Crippen LogP contribution in [-0.2, 0) is 20.5 Å². The number of hydrogen-bond acceptors (Lipinski definition) is 5. The number of ether oxygens (including phenoxy) is 2. The van der Waals surface area contributed by atoms with Crippen molar-refractivity contribution in [3.8, 4) is 5.75 Å². The highest BCUT2D eigenvalue weighted by Gasteiger charge is 2.29. The lowest BCUT2D eigenvalue weighted by Crippen LogP contribution is -2.44. The van der Waals surface area contributed by atoms with Crippen molar-refractivity contribution in [3.05, 3.63) is 29.8 Å². The third-order valence-electron chi connectivity index (χ3n) is 4.32. The summed E-state index contributed by atoms with van der Waals surface area (Å²) in [6, 6.07) is 7.05. The molecule has 0 unspecified atom stereocenters. The van der Waals surface area contributed by atoms with Crippen LogP contribution in [0.25, 0.3) is 0 Å². The van der Waals surface area contributed by atoms with Gasteiger partial charge in [-0.15, -0.1) is 0 Å². The average molecular weight is 399 g/mol. The Bertz CT molecular complexity index is 725. The molecule has 7 nitrogen and oxygen atoms in total. The fourth-order valence-electron chi connectivity index (χ4n) is 3.01. The predicted molar refractivity (Wildman–Crippen MR) is 104 cm³/mol. The summed E-state index contributed by atoms with van der Waals surface area (Å²) in [5.74, 6) is 0.739. The van der Waals surface area contributed by atoms with Gasteiger partial charge in [0.2, 0.25) is 10.0 Å². The lowest BCUT2D eigenvalue weighted by Gasteiger charge is -2.32. The van der Waals surface area contributed by atoms with Crippen molar-refractivity contribution < 1.29 is 22.7 Å². The van der Waals surface area contributed by atoms with Crippen molar-refractivity contribution in [1.29, 1.82) is 0 Å². The number of rotatable bonds is 6. The van der Waals surface area contributed by atoms with E-state index in [9.17, 15) is 13.2 Å². The summed E-state index contributed by atoms with van der Waals surface area (Å²) in [6.45, 7) is 6.75. The molecule has 1 aliphatic rings. The first-order chi connectivity index (χ1) is 12.6. The van der Waals surface area contributed by atoms with Crippen LogP contribution in [0.1, 0.15) is 39.2 Å². The minimum absolute atomic E-state index is 0.0385. The average Bonchev–Trinajstić information content (AvgIpc) is 2.59. The summed E-state index contributed by atoms with van der Waals surface area (Å²) in [4.78, 5) is 11.8. The molecule has 27 heavy (non-hydrogen) atoms. The van der Waals surface area contributed by atoms with Gasteiger partial charge in [0.15, 0.2) is 0 Å². The molecule has 2 rings (SSSR count). The summed E-state index contributed by atoms with van der Waals surface area (Å²) in [5, 5.41) is 2.75. The molecule has 8 heteroatoms. The molecule has 1 atom stereocenters. The zero-order valence-corrected chi connectivity index (χ0v) is 17.3. The molecule has 152 valence electrons. The summed E-state index contributed by atoms with van der Waals surface area (Å²) >= 11 is 0. The topological polar surface area (TPSA) is 84.9 Å². The van der Waals surface area contributed by atoms with Crippen LogP contribution in [-0.4, -0.2) is 51.2 Å². The summed E-state index contributed by atoms with van der Waals surface area (Å²) in [5.41, 5.74) is 0.175. The highest BCUT2D eigenvalue weighted by atomic mass is 32.2. The Balaban J connectivity index is 1.90. The van der Waals surface area contributed by atoms with Crippen LogP contribution in [0.3, 0.4) is 0 Å². The number of alkyl carbamates (subject to hydrolysis) is 1. The number of sulfonamides is 1. The molecule has 1 amide bonds. The minimum Gasteiger partial charge on any atom is -0.497 e. The molecule has 1 saturated heterocycles. The smallest absolute Gasteiger partial charge is 0.407 e. The summed E-state index contributed by atoms with van der Waals surface area (Å²) in [6.07, 6.45) is 1.19. The molecule has 1 N–H and O–H groups in total. The van der Waals surface area contributed by atoms with Crippen molar-refractivity contribution in [2.24, 2.45) is 5.92 Å². The number of benzene rings is 1. The van der Waals surface area contributed by atoms with Gasteiger partial charge in [0.1, 0.15) is 11.4 Å². The Hall–Kier alpha value is -1.80. The zero-order valence-electron chi connectivity index (χ0n) is 16.5. The standard InChI is InChI=1S/C19H30N2O5S/c1-19(2,3)26-18(22)20-12-16-6-5-11-21(13-16)27(23,24)14-15-7-9-17(25-4)10-8-15/h7-10,16H,5-6,11-14H2,1-4H3,(H,20,22)/t16-/m1/s1. The van der Waals surface area contributed by atoms with E-state index < -0.39 is 21.7 Å². The van der Waals surface area contributed by atoms with E-state index in [2.05, 4.69) is 5.32 Å². The van der Waals surface area contributed by atoms with Crippen molar-refractivity contribution in [3.63, 3.8) is 0 Å². The maximum atomic E-state index is 12.8. The van der Waals surface area contributed by atoms with Gasteiger partial charge in [0.25, 0.3) is 0 Å². The maximum Gasteiger partial charge on any atom is 0.407 e. The molecular weight excluding hydrogens is 368 g/mol. The van der Waals surface area contributed by atoms with Gasteiger partial charge in [-0.05, 0) is 57.2 Å². The van der Waals surface area contributed by atoms with Gasteiger partial charge >= 0.3 is 6.09 Å². The molecular formula is C19H30N2O5S. The number of nitrogens with zero attached hydrogens (tertiary/aromatic N) is 1. The molecule has 0 aliphatic carbocycles. The Kier molecular flexibility index (Phi) is 7.11. The minimum atomic E-state index is -3.41. The van der Waals surface area contributed by atoms with Gasteiger partial charge in [0.05, 0.1) is 12.9 Å². The van der Waals surface area contributed by atoms with Crippen LogP contribution in [0.15, 0.2) is 24.3 Å². The second-order valence-electron chi connectivity index (χ2n) is 7.85. The largest absolute Gasteiger partial charge is 0.497 e. The molecule has 1 aromatic carbocycles. The Morgan fingerprint density at radius 3 is 2.52 bits per heavy atom. The number of amides is 1. The van der Waals surface area contributed by atoms with E-state index in [-0.39, 0.29) is 11.7 Å². The Morgan fingerprint density at radius 2 is 1.93 bits per heavy atom. The highest BCUT2D eigenvalue weighted by Crippen LogP contribution is 2.22. The first-order valence-electron chi connectivity index (χ1n) is 9.17. The van der Waals surface area contributed by atoms with Gasteiger partial charge in [-0.1, -0.05) is 12.1 Å². The normalized spacial score (nSPS) is 18.7. The second kappa shape index (κ2) is 8.93. The fourth-order valence-corrected chi connectivity index (χ4v) is 4.65. The molecule has 1 aliphatic heterocycles. The fraction of sp³-hybridized carbons (Fsp3) is 0.632. The Labute approximate surface area is 162 Å². The molecule has 1 fully saturated rings. The summed E-state index contributed by atoms with van der Waals surface area (Å²) in [7, 11) is -1.83. The van der Waals surface area contributed by atoms with Crippen LogP contribution in [0.2, 0.25) is 0 Å². The van der Waals surface area contributed by atoms with Crippen LogP contribution in [0.5, 0.6) is 5.75 Å². The van der Waals surface area contributed by atoms with E-state index in [1.54, 1.807) is 52.1 Å². The van der Waals surface area contributed by atoms with Crippen molar-refractivity contribution in [2.75, 3.05) is 26.7 Å². The monoisotopic (exact) mass is 398 g/mol. The highest BCUT2D eigenvalue weighted by molar-refractivity contribution is 7.88. The first-order valence-corrected chi connectivity index (χ1v) is 10.8. The number of methoxy groups -OCH3 is 1. The Morgan fingerprint density at radius 1 is 1.26 bits per heavy atom. The molecule has 0 bridgehead atoms. The number of carbonyl (C=O) groups is 1. The van der Waals surface area contributed by atoms with Gasteiger partial charge in [-0.3, -0.25) is 0 Å². The first kappa shape index (κ1) is 21.5. The van der Waals surface area contributed by atoms with Gasteiger partial charge in [0, 0.05) is 19.6 Å². The van der Waals surface area contributed by atoms with E-state index in [4.69, 9.17) is 9.47 Å². The predicted octanol–water partition coefficient (Wildman–Crippen LogP) is 2.76. The number of hydrogen-bond donors (Lipinski definition) is 1.